The van der Waals surface area contributed by atoms with Crippen molar-refractivity contribution in [2.45, 2.75) is 51.5 Å². The van der Waals surface area contributed by atoms with E-state index in [9.17, 15) is 4.79 Å². The number of unbranched alkanes of at least 4 members (excludes halogenated alkanes) is 2. The van der Waals surface area contributed by atoms with Crippen LogP contribution in [0.2, 0.25) is 0 Å². The molecule has 0 amide bonds. The fraction of sp³-hybridized carbons (Fsp3) is 0.933. The zero-order chi connectivity index (χ0) is 13.7. The number of carboxylic acid groups (broad SMARTS) is 1. The summed E-state index contributed by atoms with van der Waals surface area (Å²) < 4.78 is 0. The van der Waals surface area contributed by atoms with Gasteiger partial charge in [0.05, 0.1) is 5.92 Å². The first kappa shape index (κ1) is 14.8. The van der Waals surface area contributed by atoms with Crippen molar-refractivity contribution < 1.29 is 9.90 Å². The van der Waals surface area contributed by atoms with Gasteiger partial charge in [-0.2, -0.15) is 0 Å². The Bertz CT molecular complexity index is 296. The zero-order valence-corrected chi connectivity index (χ0v) is 12.2. The van der Waals surface area contributed by atoms with Gasteiger partial charge in [-0.1, -0.05) is 19.8 Å². The lowest BCUT2D eigenvalue weighted by Gasteiger charge is -2.37. The summed E-state index contributed by atoms with van der Waals surface area (Å²) >= 11 is 0. The molecule has 2 rings (SSSR count). The van der Waals surface area contributed by atoms with Crippen molar-refractivity contribution in [1.29, 1.82) is 0 Å². The maximum atomic E-state index is 11.0. The molecular formula is C15H28N2O2. The van der Waals surface area contributed by atoms with Gasteiger partial charge in [0.1, 0.15) is 0 Å². The Kier molecular flexibility index (Phi) is 5.64. The summed E-state index contributed by atoms with van der Waals surface area (Å²) in [6.45, 7) is 7.59. The van der Waals surface area contributed by atoms with Crippen LogP contribution in [0.5, 0.6) is 0 Å². The number of rotatable bonds is 6. The topological polar surface area (TPSA) is 43.8 Å². The molecule has 0 saturated carbocycles. The van der Waals surface area contributed by atoms with E-state index in [1.807, 2.05) is 0 Å². The second kappa shape index (κ2) is 7.25. The first-order valence-corrected chi connectivity index (χ1v) is 7.90. The van der Waals surface area contributed by atoms with Gasteiger partial charge >= 0.3 is 5.97 Å². The SMILES string of the molecule is CCCCCN1CCCC(N2CCC(C(=O)O)C2)C1. The van der Waals surface area contributed by atoms with Gasteiger partial charge < -0.3 is 10.0 Å². The van der Waals surface area contributed by atoms with E-state index >= 15 is 0 Å². The van der Waals surface area contributed by atoms with Crippen LogP contribution < -0.4 is 0 Å². The highest BCUT2D eigenvalue weighted by Crippen LogP contribution is 2.24. The maximum absolute atomic E-state index is 11.0. The van der Waals surface area contributed by atoms with Crippen LogP contribution in [0.15, 0.2) is 0 Å². The molecule has 110 valence electrons. The molecule has 0 bridgehead atoms. The summed E-state index contributed by atoms with van der Waals surface area (Å²) in [5.74, 6) is -0.742. The first-order chi connectivity index (χ1) is 9.20. The standard InChI is InChI=1S/C15H28N2O2/c1-2-3-4-8-16-9-5-6-14(12-16)17-10-7-13(11-17)15(18)19/h13-14H,2-12H2,1H3,(H,18,19). The van der Waals surface area contributed by atoms with Crippen molar-refractivity contribution in [3.8, 4) is 0 Å². The molecule has 1 N–H and O–H groups in total. The van der Waals surface area contributed by atoms with E-state index in [1.165, 1.54) is 45.2 Å². The number of carboxylic acids is 1. The molecule has 2 aliphatic rings. The van der Waals surface area contributed by atoms with Crippen LogP contribution in [-0.4, -0.2) is 59.6 Å². The summed E-state index contributed by atoms with van der Waals surface area (Å²) in [7, 11) is 0. The van der Waals surface area contributed by atoms with Crippen LogP contribution in [0.25, 0.3) is 0 Å². The molecular weight excluding hydrogens is 240 g/mol. The van der Waals surface area contributed by atoms with Gasteiger partial charge in [-0.05, 0) is 45.3 Å². The molecule has 2 aliphatic heterocycles. The van der Waals surface area contributed by atoms with Gasteiger partial charge in [-0.25, -0.2) is 0 Å². The summed E-state index contributed by atoms with van der Waals surface area (Å²) in [6.07, 6.45) is 7.26. The molecule has 0 aliphatic carbocycles. The first-order valence-electron chi connectivity index (χ1n) is 7.90. The molecule has 2 atom stereocenters. The summed E-state index contributed by atoms with van der Waals surface area (Å²) in [5, 5.41) is 9.09. The highest BCUT2D eigenvalue weighted by Gasteiger charge is 2.33. The Morgan fingerprint density at radius 1 is 1.21 bits per heavy atom. The monoisotopic (exact) mass is 268 g/mol. The Morgan fingerprint density at radius 2 is 2.05 bits per heavy atom. The molecule has 2 saturated heterocycles. The van der Waals surface area contributed by atoms with Crippen molar-refractivity contribution >= 4 is 5.97 Å². The number of hydrogen-bond donors (Lipinski definition) is 1. The van der Waals surface area contributed by atoms with E-state index in [1.54, 1.807) is 0 Å². The van der Waals surface area contributed by atoms with Crippen LogP contribution in [-0.2, 0) is 4.79 Å². The average molecular weight is 268 g/mol. The summed E-state index contributed by atoms with van der Waals surface area (Å²) in [6, 6.07) is 0.597. The van der Waals surface area contributed by atoms with Crippen molar-refractivity contribution in [2.24, 2.45) is 5.92 Å². The Hall–Kier alpha value is -0.610. The Balaban J connectivity index is 1.76. The fourth-order valence-electron chi connectivity index (χ4n) is 3.44. The zero-order valence-electron chi connectivity index (χ0n) is 12.2. The molecule has 0 radical (unpaired) electrons. The molecule has 4 nitrogen and oxygen atoms in total. The van der Waals surface area contributed by atoms with E-state index in [0.29, 0.717) is 6.04 Å². The Labute approximate surface area is 116 Å². The smallest absolute Gasteiger partial charge is 0.307 e. The van der Waals surface area contributed by atoms with Crippen LogP contribution in [0, 0.1) is 5.92 Å². The third-order valence-electron chi connectivity index (χ3n) is 4.64. The highest BCUT2D eigenvalue weighted by atomic mass is 16.4. The van der Waals surface area contributed by atoms with E-state index in [2.05, 4.69) is 16.7 Å². The fourth-order valence-corrected chi connectivity index (χ4v) is 3.44. The van der Waals surface area contributed by atoms with Crippen molar-refractivity contribution in [2.75, 3.05) is 32.7 Å². The van der Waals surface area contributed by atoms with Gasteiger partial charge in [-0.15, -0.1) is 0 Å². The molecule has 0 aromatic carbocycles. The average Bonchev–Trinajstić information content (AvgIpc) is 2.89. The van der Waals surface area contributed by atoms with Gasteiger partial charge in [-0.3, -0.25) is 9.69 Å². The lowest BCUT2D eigenvalue weighted by Crippen LogP contribution is -2.47. The van der Waals surface area contributed by atoms with Crippen LogP contribution >= 0.6 is 0 Å². The minimum Gasteiger partial charge on any atom is -0.481 e. The highest BCUT2D eigenvalue weighted by molar-refractivity contribution is 5.70. The number of likely N-dealkylation sites (tertiary alicyclic amines) is 2. The summed E-state index contributed by atoms with van der Waals surface area (Å²) in [5.41, 5.74) is 0. The van der Waals surface area contributed by atoms with Crippen molar-refractivity contribution in [3.63, 3.8) is 0 Å². The lowest BCUT2D eigenvalue weighted by molar-refractivity contribution is -0.141. The number of hydrogen-bond acceptors (Lipinski definition) is 3. The van der Waals surface area contributed by atoms with Gasteiger partial charge in [0, 0.05) is 19.1 Å². The largest absolute Gasteiger partial charge is 0.481 e. The lowest BCUT2D eigenvalue weighted by atomic mass is 10.0. The van der Waals surface area contributed by atoms with Crippen molar-refractivity contribution in [3.05, 3.63) is 0 Å². The number of piperidine rings is 1. The second-order valence-electron chi connectivity index (χ2n) is 6.12. The van der Waals surface area contributed by atoms with E-state index in [-0.39, 0.29) is 5.92 Å². The minimum absolute atomic E-state index is 0.129. The molecule has 4 heteroatoms. The number of carbonyl (C=O) groups is 1. The molecule has 0 spiro atoms. The quantitative estimate of drug-likeness (QED) is 0.749. The second-order valence-corrected chi connectivity index (χ2v) is 6.12. The van der Waals surface area contributed by atoms with E-state index < -0.39 is 5.97 Å². The van der Waals surface area contributed by atoms with E-state index in [4.69, 9.17) is 5.11 Å². The van der Waals surface area contributed by atoms with Crippen LogP contribution in [0.4, 0.5) is 0 Å². The predicted molar refractivity (Wildman–Crippen MR) is 76.3 cm³/mol. The molecule has 2 fully saturated rings. The minimum atomic E-state index is -0.613. The molecule has 0 aromatic rings. The van der Waals surface area contributed by atoms with Crippen LogP contribution in [0.1, 0.15) is 45.4 Å². The maximum Gasteiger partial charge on any atom is 0.307 e. The molecule has 19 heavy (non-hydrogen) atoms. The van der Waals surface area contributed by atoms with Gasteiger partial charge in [0.15, 0.2) is 0 Å². The molecule has 2 unspecified atom stereocenters. The van der Waals surface area contributed by atoms with Gasteiger partial charge in [0.2, 0.25) is 0 Å². The third-order valence-corrected chi connectivity index (χ3v) is 4.64. The van der Waals surface area contributed by atoms with Gasteiger partial charge in [0.25, 0.3) is 0 Å². The van der Waals surface area contributed by atoms with E-state index in [0.717, 1.165) is 26.1 Å². The third kappa shape index (κ3) is 4.18. The Morgan fingerprint density at radius 3 is 2.74 bits per heavy atom. The van der Waals surface area contributed by atoms with Crippen molar-refractivity contribution in [1.82, 2.24) is 9.80 Å². The molecule has 2 heterocycles. The normalized spacial score (nSPS) is 29.7. The molecule has 0 aromatic heterocycles. The van der Waals surface area contributed by atoms with Crippen LogP contribution in [0.3, 0.4) is 0 Å². The predicted octanol–water partition coefficient (Wildman–Crippen LogP) is 2.05. The number of aliphatic carboxylic acids is 1. The summed E-state index contributed by atoms with van der Waals surface area (Å²) in [4.78, 5) is 16.0. The number of nitrogens with zero attached hydrogens (tertiary/aromatic N) is 2.